The molecular formula is C23H29ClF2N2O2. The number of aryl methyl sites for hydroxylation is 1. The van der Waals surface area contributed by atoms with E-state index in [1.54, 1.807) is 14.0 Å². The van der Waals surface area contributed by atoms with E-state index < -0.39 is 23.1 Å². The lowest BCUT2D eigenvalue weighted by Gasteiger charge is -2.11. The second kappa shape index (κ2) is 14.3. The number of hydrogen-bond acceptors (Lipinski definition) is 3. The lowest BCUT2D eigenvalue weighted by atomic mass is 10.1. The molecular weight excluding hydrogens is 410 g/mol. The number of hydrogen-bond donors (Lipinski definition) is 1. The van der Waals surface area contributed by atoms with Crippen molar-refractivity contribution in [2.75, 3.05) is 20.7 Å². The summed E-state index contributed by atoms with van der Waals surface area (Å²) in [5.41, 5.74) is 1.81. The van der Waals surface area contributed by atoms with Crippen LogP contribution < -0.4 is 10.1 Å². The zero-order valence-electron chi connectivity index (χ0n) is 18.3. The number of carbonyl (C=O) groups is 1. The fraction of sp³-hybridized carbons (Fsp3) is 0.304. The summed E-state index contributed by atoms with van der Waals surface area (Å²) in [5, 5.41) is 2.97. The lowest BCUT2D eigenvalue weighted by molar-refractivity contribution is 0.0953. The molecule has 0 radical (unpaired) electrons. The second-order valence-corrected chi connectivity index (χ2v) is 6.25. The zero-order valence-corrected chi connectivity index (χ0v) is 19.0. The Bertz CT molecular complexity index is 845. The molecule has 0 aromatic heterocycles. The first kappa shape index (κ1) is 27.3. The lowest BCUT2D eigenvalue weighted by Crippen LogP contribution is -2.21. The summed E-state index contributed by atoms with van der Waals surface area (Å²) in [5.74, 6) is -3.05. The highest BCUT2D eigenvalue weighted by atomic mass is 35.5. The third-order valence-electron chi connectivity index (χ3n) is 3.77. The Morgan fingerprint density at radius 3 is 2.20 bits per heavy atom. The summed E-state index contributed by atoms with van der Waals surface area (Å²) in [4.78, 5) is 15.3. The van der Waals surface area contributed by atoms with Crippen molar-refractivity contribution in [1.29, 1.82) is 0 Å². The maximum absolute atomic E-state index is 14.0. The van der Waals surface area contributed by atoms with Gasteiger partial charge >= 0.3 is 0 Å². The molecule has 0 unspecified atom stereocenters. The molecule has 0 saturated heterocycles. The van der Waals surface area contributed by atoms with Crippen molar-refractivity contribution in [1.82, 2.24) is 5.32 Å². The number of nitrogens with one attached hydrogen (secondary N) is 1. The number of halogens is 3. The monoisotopic (exact) mass is 438 g/mol. The molecule has 0 aliphatic rings. The number of rotatable bonds is 5. The van der Waals surface area contributed by atoms with Crippen molar-refractivity contribution >= 4 is 23.2 Å². The summed E-state index contributed by atoms with van der Waals surface area (Å²) in [6.07, 6.45) is 0. The van der Waals surface area contributed by atoms with Gasteiger partial charge < -0.3 is 10.1 Å². The normalized spacial score (nSPS) is 10.1. The minimum absolute atomic E-state index is 0.00108. The molecule has 30 heavy (non-hydrogen) atoms. The van der Waals surface area contributed by atoms with Gasteiger partial charge in [0.25, 0.3) is 5.91 Å². The van der Waals surface area contributed by atoms with E-state index in [0.29, 0.717) is 11.3 Å². The van der Waals surface area contributed by atoms with Crippen LogP contribution >= 0.6 is 11.6 Å². The molecule has 2 rings (SSSR count). The molecule has 0 spiro atoms. The van der Waals surface area contributed by atoms with Gasteiger partial charge in [-0.2, -0.15) is 0 Å². The van der Waals surface area contributed by atoms with Crippen LogP contribution in [0.1, 0.15) is 36.7 Å². The topological polar surface area (TPSA) is 50.7 Å². The number of ether oxygens (including phenoxy) is 1. The molecule has 2 aromatic carbocycles. The van der Waals surface area contributed by atoms with Crippen LogP contribution in [0, 0.1) is 18.6 Å². The molecule has 0 bridgehead atoms. The Morgan fingerprint density at radius 2 is 1.73 bits per heavy atom. The van der Waals surface area contributed by atoms with Crippen molar-refractivity contribution in [2.45, 2.75) is 27.7 Å². The smallest absolute Gasteiger partial charge is 0.257 e. The van der Waals surface area contributed by atoms with Crippen LogP contribution in [0.2, 0.25) is 5.02 Å². The van der Waals surface area contributed by atoms with E-state index in [2.05, 4.69) is 16.9 Å². The fourth-order valence-corrected chi connectivity index (χ4v) is 2.06. The van der Waals surface area contributed by atoms with Crippen molar-refractivity contribution in [3.63, 3.8) is 0 Å². The van der Waals surface area contributed by atoms with Crippen LogP contribution in [0.5, 0.6) is 5.75 Å². The minimum atomic E-state index is -1.04. The first-order valence-corrected chi connectivity index (χ1v) is 9.75. The number of nitrogens with zero attached hydrogens (tertiary/aromatic N) is 1. The molecule has 1 amide bonds. The van der Waals surface area contributed by atoms with E-state index in [0.717, 1.165) is 17.2 Å². The molecule has 164 valence electrons. The molecule has 0 aliphatic carbocycles. The van der Waals surface area contributed by atoms with E-state index in [4.69, 9.17) is 16.3 Å². The zero-order chi connectivity index (χ0) is 23.3. The van der Waals surface area contributed by atoms with Crippen LogP contribution in [0.3, 0.4) is 0 Å². The Morgan fingerprint density at radius 1 is 1.17 bits per heavy atom. The van der Waals surface area contributed by atoms with Gasteiger partial charge in [0, 0.05) is 30.4 Å². The van der Waals surface area contributed by atoms with E-state index in [1.807, 2.05) is 45.0 Å². The molecule has 2 aromatic rings. The Hall–Kier alpha value is -2.73. The van der Waals surface area contributed by atoms with Gasteiger partial charge in [-0.1, -0.05) is 49.7 Å². The van der Waals surface area contributed by atoms with Crippen molar-refractivity contribution < 1.29 is 18.3 Å². The highest BCUT2D eigenvalue weighted by Crippen LogP contribution is 2.23. The minimum Gasteiger partial charge on any atom is -0.486 e. The van der Waals surface area contributed by atoms with E-state index in [1.165, 1.54) is 12.6 Å². The van der Waals surface area contributed by atoms with Gasteiger partial charge in [0.05, 0.1) is 0 Å². The van der Waals surface area contributed by atoms with Gasteiger partial charge in [-0.3, -0.25) is 9.79 Å². The summed E-state index contributed by atoms with van der Waals surface area (Å²) in [6, 6.07) is 9.85. The van der Waals surface area contributed by atoms with Crippen LogP contribution in [0.4, 0.5) is 8.78 Å². The Balaban J connectivity index is 0.000000696. The van der Waals surface area contributed by atoms with Gasteiger partial charge in [-0.25, -0.2) is 8.78 Å². The van der Waals surface area contributed by atoms with Crippen LogP contribution in [0.15, 0.2) is 53.5 Å². The van der Waals surface area contributed by atoms with Crippen LogP contribution in [-0.2, 0) is 0 Å². The van der Waals surface area contributed by atoms with Gasteiger partial charge in [-0.05, 0) is 38.1 Å². The molecule has 0 saturated carbocycles. The van der Waals surface area contributed by atoms with Gasteiger partial charge in [-0.15, -0.1) is 0 Å². The molecule has 4 nitrogen and oxygen atoms in total. The Labute approximate surface area is 182 Å². The quantitative estimate of drug-likeness (QED) is 0.580. The maximum Gasteiger partial charge on any atom is 0.257 e. The molecule has 0 atom stereocenters. The van der Waals surface area contributed by atoms with Crippen molar-refractivity contribution in [2.24, 2.45) is 4.99 Å². The predicted octanol–water partition coefficient (Wildman–Crippen LogP) is 6.02. The maximum atomic E-state index is 14.0. The first-order chi connectivity index (χ1) is 14.2. The summed E-state index contributed by atoms with van der Waals surface area (Å²) in [7, 11) is 2.89. The average molecular weight is 439 g/mol. The van der Waals surface area contributed by atoms with Gasteiger partial charge in [0.15, 0.2) is 11.6 Å². The fourth-order valence-electron chi connectivity index (χ4n) is 1.94. The summed E-state index contributed by atoms with van der Waals surface area (Å²) in [6.45, 7) is 11.5. The standard InChI is InChI=1S/C14H16F2N2O2.C7H7Cl.C2H6/c1-8(9(2)17-3)7-20-11-6-5-10(15)12(13(11)16)14(19)18-4;1-6-2-4-7(8)5-3-6;1-2/h5-6H,1,7H2,2-4H3,(H,18,19);2-5H,1H3;1-2H3. The summed E-state index contributed by atoms with van der Waals surface area (Å²) < 4.78 is 32.7. The highest BCUT2D eigenvalue weighted by Gasteiger charge is 2.20. The number of aliphatic imine (C=N–C) groups is 1. The van der Waals surface area contributed by atoms with E-state index >= 15 is 0 Å². The summed E-state index contributed by atoms with van der Waals surface area (Å²) >= 11 is 5.61. The second-order valence-electron chi connectivity index (χ2n) is 5.81. The average Bonchev–Trinajstić information content (AvgIpc) is 2.76. The molecule has 7 heteroatoms. The number of carbonyl (C=O) groups excluding carboxylic acids is 1. The Kier molecular flexibility index (Phi) is 13.0. The number of benzene rings is 2. The SMILES string of the molecule is C=C(COc1ccc(F)c(C(=O)NC)c1F)C(C)=NC.CC.Cc1ccc(Cl)cc1. The molecule has 1 N–H and O–H groups in total. The first-order valence-electron chi connectivity index (χ1n) is 9.37. The molecule has 0 fully saturated rings. The predicted molar refractivity (Wildman–Crippen MR) is 121 cm³/mol. The largest absolute Gasteiger partial charge is 0.486 e. The van der Waals surface area contributed by atoms with E-state index in [-0.39, 0.29) is 12.4 Å². The van der Waals surface area contributed by atoms with Crippen LogP contribution in [-0.4, -0.2) is 32.3 Å². The highest BCUT2D eigenvalue weighted by molar-refractivity contribution is 6.30. The van der Waals surface area contributed by atoms with Crippen molar-refractivity contribution in [3.05, 3.63) is 76.3 Å². The van der Waals surface area contributed by atoms with E-state index in [9.17, 15) is 13.6 Å². The van der Waals surface area contributed by atoms with Crippen molar-refractivity contribution in [3.8, 4) is 5.75 Å². The number of amides is 1. The molecule has 0 heterocycles. The third-order valence-corrected chi connectivity index (χ3v) is 4.02. The third kappa shape index (κ3) is 8.74. The van der Waals surface area contributed by atoms with Gasteiger partial charge in [0.2, 0.25) is 0 Å². The van der Waals surface area contributed by atoms with Crippen LogP contribution in [0.25, 0.3) is 0 Å². The molecule has 0 aliphatic heterocycles. The van der Waals surface area contributed by atoms with Gasteiger partial charge in [0.1, 0.15) is 18.0 Å².